The lowest BCUT2D eigenvalue weighted by Crippen LogP contribution is -2.22. The number of aromatic amines is 1. The minimum absolute atomic E-state index is 0.230. The van der Waals surface area contributed by atoms with Crippen molar-refractivity contribution in [1.29, 1.82) is 0 Å². The summed E-state index contributed by atoms with van der Waals surface area (Å²) in [6, 6.07) is 9.91. The SMILES string of the molecule is CN(C)S(=O)(=O)c1ccc(-c2nc3cc(Cl)c(Cl)cc3[nH]2)cc1. The van der Waals surface area contributed by atoms with E-state index in [1.165, 1.54) is 18.4 Å². The molecule has 120 valence electrons. The highest BCUT2D eigenvalue weighted by molar-refractivity contribution is 7.89. The number of halogens is 2. The zero-order valence-corrected chi connectivity index (χ0v) is 14.7. The molecule has 0 unspecified atom stereocenters. The second-order valence-electron chi connectivity index (χ2n) is 5.18. The number of nitrogens with one attached hydrogen (secondary N) is 1. The van der Waals surface area contributed by atoms with E-state index >= 15 is 0 Å². The van der Waals surface area contributed by atoms with Gasteiger partial charge < -0.3 is 4.98 Å². The second kappa shape index (κ2) is 5.79. The zero-order chi connectivity index (χ0) is 16.8. The summed E-state index contributed by atoms with van der Waals surface area (Å²) >= 11 is 12.0. The highest BCUT2D eigenvalue weighted by Gasteiger charge is 2.17. The maximum absolute atomic E-state index is 12.1. The highest BCUT2D eigenvalue weighted by Crippen LogP contribution is 2.29. The monoisotopic (exact) mass is 369 g/mol. The van der Waals surface area contributed by atoms with Crippen molar-refractivity contribution in [3.63, 3.8) is 0 Å². The van der Waals surface area contributed by atoms with E-state index in [0.29, 0.717) is 21.4 Å². The molecular weight excluding hydrogens is 357 g/mol. The molecule has 2 aromatic carbocycles. The topological polar surface area (TPSA) is 66.1 Å². The van der Waals surface area contributed by atoms with Crippen molar-refractivity contribution in [2.24, 2.45) is 0 Å². The summed E-state index contributed by atoms with van der Waals surface area (Å²) in [6.45, 7) is 0. The van der Waals surface area contributed by atoms with Gasteiger partial charge in [-0.05, 0) is 36.4 Å². The van der Waals surface area contributed by atoms with Gasteiger partial charge in [-0.15, -0.1) is 0 Å². The fourth-order valence-corrected chi connectivity index (χ4v) is 3.36. The molecule has 8 heteroatoms. The summed E-state index contributed by atoms with van der Waals surface area (Å²) in [5.74, 6) is 0.618. The minimum atomic E-state index is -3.44. The Morgan fingerprint density at radius 2 is 1.65 bits per heavy atom. The first kappa shape index (κ1) is 16.3. The van der Waals surface area contributed by atoms with Crippen LogP contribution >= 0.6 is 23.2 Å². The van der Waals surface area contributed by atoms with Crippen LogP contribution in [0.5, 0.6) is 0 Å². The van der Waals surface area contributed by atoms with Crippen LogP contribution in [0.1, 0.15) is 0 Å². The molecular formula is C15H13Cl2N3O2S. The van der Waals surface area contributed by atoms with E-state index < -0.39 is 10.0 Å². The van der Waals surface area contributed by atoms with Crippen LogP contribution in [0.3, 0.4) is 0 Å². The van der Waals surface area contributed by atoms with E-state index in [0.717, 1.165) is 11.1 Å². The van der Waals surface area contributed by atoms with E-state index in [4.69, 9.17) is 23.2 Å². The lowest BCUT2D eigenvalue weighted by Gasteiger charge is -2.11. The molecule has 0 aliphatic heterocycles. The van der Waals surface area contributed by atoms with Gasteiger partial charge in [0.15, 0.2) is 0 Å². The number of hydrogen-bond acceptors (Lipinski definition) is 3. The molecule has 0 saturated heterocycles. The summed E-state index contributed by atoms with van der Waals surface area (Å²) in [5, 5.41) is 0.881. The summed E-state index contributed by atoms with van der Waals surface area (Å²) in [7, 11) is -0.452. The molecule has 5 nitrogen and oxygen atoms in total. The highest BCUT2D eigenvalue weighted by atomic mass is 35.5. The van der Waals surface area contributed by atoms with Gasteiger partial charge in [-0.25, -0.2) is 17.7 Å². The van der Waals surface area contributed by atoms with E-state index in [9.17, 15) is 8.42 Å². The summed E-state index contributed by atoms with van der Waals surface area (Å²) in [4.78, 5) is 7.83. The van der Waals surface area contributed by atoms with Gasteiger partial charge in [-0.2, -0.15) is 0 Å². The van der Waals surface area contributed by atoms with Crippen LogP contribution in [-0.2, 0) is 10.0 Å². The number of H-pyrrole nitrogens is 1. The number of nitrogens with zero attached hydrogens (tertiary/aromatic N) is 2. The van der Waals surface area contributed by atoms with Crippen molar-refractivity contribution >= 4 is 44.3 Å². The average Bonchev–Trinajstić information content (AvgIpc) is 2.90. The first-order valence-electron chi connectivity index (χ1n) is 6.67. The van der Waals surface area contributed by atoms with Crippen LogP contribution in [0.25, 0.3) is 22.4 Å². The average molecular weight is 370 g/mol. The summed E-state index contributed by atoms with van der Waals surface area (Å²) in [6.07, 6.45) is 0. The van der Waals surface area contributed by atoms with Gasteiger partial charge in [0.25, 0.3) is 0 Å². The predicted octanol–water partition coefficient (Wildman–Crippen LogP) is 3.79. The Morgan fingerprint density at radius 3 is 2.26 bits per heavy atom. The van der Waals surface area contributed by atoms with Crippen LogP contribution < -0.4 is 0 Å². The molecule has 1 N–H and O–H groups in total. The molecule has 1 heterocycles. The van der Waals surface area contributed by atoms with Crippen LogP contribution in [0, 0.1) is 0 Å². The quantitative estimate of drug-likeness (QED) is 0.763. The molecule has 0 bridgehead atoms. The molecule has 23 heavy (non-hydrogen) atoms. The summed E-state index contributed by atoms with van der Waals surface area (Å²) in [5.41, 5.74) is 2.23. The zero-order valence-electron chi connectivity index (χ0n) is 12.3. The third-order valence-electron chi connectivity index (χ3n) is 3.43. The van der Waals surface area contributed by atoms with Gasteiger partial charge in [0, 0.05) is 19.7 Å². The van der Waals surface area contributed by atoms with Crippen molar-refractivity contribution in [2.45, 2.75) is 4.90 Å². The Morgan fingerprint density at radius 1 is 1.04 bits per heavy atom. The maximum atomic E-state index is 12.1. The van der Waals surface area contributed by atoms with Gasteiger partial charge in [-0.3, -0.25) is 0 Å². The minimum Gasteiger partial charge on any atom is -0.338 e. The first-order valence-corrected chi connectivity index (χ1v) is 8.86. The number of aromatic nitrogens is 2. The molecule has 0 atom stereocenters. The number of hydrogen-bond donors (Lipinski definition) is 1. The molecule has 0 saturated carbocycles. The third kappa shape index (κ3) is 2.95. The Bertz CT molecular complexity index is 941. The molecule has 0 fully saturated rings. The molecule has 1 aromatic heterocycles. The Labute approximate surface area is 143 Å². The lowest BCUT2D eigenvalue weighted by molar-refractivity contribution is 0.521. The van der Waals surface area contributed by atoms with Crippen LogP contribution in [-0.4, -0.2) is 36.8 Å². The number of sulfonamides is 1. The molecule has 0 aliphatic rings. The number of fused-ring (bicyclic) bond motifs is 1. The smallest absolute Gasteiger partial charge is 0.242 e. The lowest BCUT2D eigenvalue weighted by atomic mass is 10.2. The van der Waals surface area contributed by atoms with Crippen LogP contribution in [0.2, 0.25) is 10.0 Å². The second-order valence-corrected chi connectivity index (χ2v) is 8.15. The van der Waals surface area contributed by atoms with Gasteiger partial charge in [0.05, 0.1) is 26.0 Å². The fraction of sp³-hybridized carbons (Fsp3) is 0.133. The van der Waals surface area contributed by atoms with Crippen molar-refractivity contribution < 1.29 is 8.42 Å². The maximum Gasteiger partial charge on any atom is 0.242 e. The van der Waals surface area contributed by atoms with Crippen molar-refractivity contribution in [3.8, 4) is 11.4 Å². The molecule has 0 radical (unpaired) electrons. The largest absolute Gasteiger partial charge is 0.338 e. The van der Waals surface area contributed by atoms with Gasteiger partial charge in [-0.1, -0.05) is 23.2 Å². The molecule has 0 amide bonds. The normalized spacial score (nSPS) is 12.2. The number of imidazole rings is 1. The number of rotatable bonds is 3. The predicted molar refractivity (Wildman–Crippen MR) is 92.4 cm³/mol. The fourth-order valence-electron chi connectivity index (χ4n) is 2.14. The van der Waals surface area contributed by atoms with E-state index in [-0.39, 0.29) is 4.90 Å². The van der Waals surface area contributed by atoms with Gasteiger partial charge >= 0.3 is 0 Å². The Kier molecular flexibility index (Phi) is 4.10. The van der Waals surface area contributed by atoms with Crippen molar-refractivity contribution in [1.82, 2.24) is 14.3 Å². The number of benzene rings is 2. The summed E-state index contributed by atoms with van der Waals surface area (Å²) < 4.78 is 25.3. The van der Waals surface area contributed by atoms with Crippen LogP contribution in [0.4, 0.5) is 0 Å². The molecule has 0 aliphatic carbocycles. The third-order valence-corrected chi connectivity index (χ3v) is 5.98. The van der Waals surface area contributed by atoms with E-state index in [1.807, 2.05) is 0 Å². The van der Waals surface area contributed by atoms with E-state index in [2.05, 4.69) is 9.97 Å². The van der Waals surface area contributed by atoms with Crippen molar-refractivity contribution in [3.05, 3.63) is 46.4 Å². The van der Waals surface area contributed by atoms with E-state index in [1.54, 1.807) is 36.4 Å². The van der Waals surface area contributed by atoms with Crippen molar-refractivity contribution in [2.75, 3.05) is 14.1 Å². The van der Waals surface area contributed by atoms with Gasteiger partial charge in [0.1, 0.15) is 5.82 Å². The Hall–Kier alpha value is -1.60. The van der Waals surface area contributed by atoms with Gasteiger partial charge in [0.2, 0.25) is 10.0 Å². The molecule has 3 rings (SSSR count). The first-order chi connectivity index (χ1) is 10.8. The molecule has 0 spiro atoms. The van der Waals surface area contributed by atoms with Crippen LogP contribution in [0.15, 0.2) is 41.3 Å². The Balaban J connectivity index is 2.03. The standard InChI is InChI=1S/C15H13Cl2N3O2S/c1-20(2)23(21,22)10-5-3-9(4-6-10)15-18-13-7-11(16)12(17)8-14(13)19-15/h3-8H,1-2H3,(H,18,19). The molecule has 3 aromatic rings.